The van der Waals surface area contributed by atoms with E-state index in [4.69, 9.17) is 4.74 Å². The van der Waals surface area contributed by atoms with Crippen molar-refractivity contribution in [1.82, 2.24) is 15.0 Å². The number of amides is 1. The van der Waals surface area contributed by atoms with Crippen molar-refractivity contribution in [1.29, 1.82) is 0 Å². The summed E-state index contributed by atoms with van der Waals surface area (Å²) in [6, 6.07) is 13.5. The average molecular weight is 442 g/mol. The molecule has 158 valence electrons. The highest BCUT2D eigenvalue weighted by Gasteiger charge is 2.22. The first-order chi connectivity index (χ1) is 15.0. The highest BCUT2D eigenvalue weighted by atomic mass is 32.1. The number of carbonyl (C=O) groups is 2. The first-order valence-corrected chi connectivity index (χ1v) is 10.1. The predicted octanol–water partition coefficient (Wildman–Crippen LogP) is 5.05. The van der Waals surface area contributed by atoms with Crippen molar-refractivity contribution in [3.05, 3.63) is 64.8 Å². The van der Waals surface area contributed by atoms with Gasteiger partial charge in [-0.3, -0.25) is 10.1 Å². The number of rotatable bonds is 6. The molecule has 4 rings (SSSR count). The summed E-state index contributed by atoms with van der Waals surface area (Å²) in [6.07, 6.45) is -2.74. The lowest BCUT2D eigenvalue weighted by Gasteiger charge is -2.02. The molecule has 0 saturated heterocycles. The van der Waals surface area contributed by atoms with Crippen LogP contribution in [0.4, 0.5) is 13.9 Å². The van der Waals surface area contributed by atoms with Crippen molar-refractivity contribution in [3.63, 3.8) is 0 Å². The molecule has 2 heterocycles. The number of anilines is 1. The average Bonchev–Trinajstić information content (AvgIpc) is 3.38. The van der Waals surface area contributed by atoms with E-state index in [1.165, 1.54) is 18.2 Å². The van der Waals surface area contributed by atoms with Gasteiger partial charge in [0, 0.05) is 11.1 Å². The van der Waals surface area contributed by atoms with Crippen molar-refractivity contribution in [2.75, 3.05) is 11.9 Å². The maximum Gasteiger partial charge on any atom is 0.350 e. The minimum Gasteiger partial charge on any atom is -0.462 e. The number of aromatic amines is 1. The second-order valence-electron chi connectivity index (χ2n) is 6.39. The summed E-state index contributed by atoms with van der Waals surface area (Å²) in [5.41, 5.74) is 1.99. The Balaban J connectivity index is 1.63. The van der Waals surface area contributed by atoms with Gasteiger partial charge in [-0.1, -0.05) is 41.7 Å². The number of ether oxygens (including phenoxy) is 1. The topological polar surface area (TPSA) is 97.0 Å². The molecular formula is C21H16F2N4O3S. The summed E-state index contributed by atoms with van der Waals surface area (Å²) in [5.74, 6) is -1.49. The molecule has 0 spiro atoms. The van der Waals surface area contributed by atoms with Crippen LogP contribution in [0.5, 0.6) is 0 Å². The quantitative estimate of drug-likeness (QED) is 0.407. The van der Waals surface area contributed by atoms with Gasteiger partial charge in [0.1, 0.15) is 4.88 Å². The van der Waals surface area contributed by atoms with Crippen LogP contribution in [0.3, 0.4) is 0 Å². The smallest absolute Gasteiger partial charge is 0.350 e. The van der Waals surface area contributed by atoms with Crippen molar-refractivity contribution in [2.24, 2.45) is 0 Å². The van der Waals surface area contributed by atoms with Crippen LogP contribution in [-0.2, 0) is 4.74 Å². The number of halogens is 2. The van der Waals surface area contributed by atoms with E-state index in [9.17, 15) is 18.4 Å². The zero-order valence-corrected chi connectivity index (χ0v) is 17.0. The Morgan fingerprint density at radius 2 is 1.94 bits per heavy atom. The minimum absolute atomic E-state index is 0.206. The minimum atomic E-state index is -2.74. The summed E-state index contributed by atoms with van der Waals surface area (Å²) in [7, 11) is 0. The fourth-order valence-corrected chi connectivity index (χ4v) is 3.82. The van der Waals surface area contributed by atoms with Crippen molar-refractivity contribution < 1.29 is 23.1 Å². The molecule has 1 amide bonds. The molecule has 7 nitrogen and oxygen atoms in total. The number of fused-ring (bicyclic) bond motifs is 1. The molecule has 0 atom stereocenters. The first-order valence-electron chi connectivity index (χ1n) is 9.28. The molecule has 0 aliphatic carbocycles. The normalized spacial score (nSPS) is 11.1. The van der Waals surface area contributed by atoms with E-state index in [2.05, 4.69) is 20.3 Å². The Kier molecular flexibility index (Phi) is 5.72. The molecule has 4 aromatic rings. The third-order valence-electron chi connectivity index (χ3n) is 4.32. The molecule has 0 radical (unpaired) electrons. The molecular weight excluding hydrogens is 426 g/mol. The summed E-state index contributed by atoms with van der Waals surface area (Å²) in [5, 5.41) is 2.87. The van der Waals surface area contributed by atoms with Crippen LogP contribution in [0.25, 0.3) is 22.3 Å². The van der Waals surface area contributed by atoms with Crippen molar-refractivity contribution in [3.8, 4) is 11.3 Å². The number of alkyl halides is 2. The van der Waals surface area contributed by atoms with E-state index in [1.807, 2.05) is 18.2 Å². The van der Waals surface area contributed by atoms with Gasteiger partial charge in [-0.05, 0) is 25.1 Å². The van der Waals surface area contributed by atoms with E-state index < -0.39 is 24.1 Å². The van der Waals surface area contributed by atoms with E-state index in [0.717, 1.165) is 11.3 Å². The molecule has 31 heavy (non-hydrogen) atoms. The van der Waals surface area contributed by atoms with Gasteiger partial charge in [0.25, 0.3) is 12.3 Å². The molecule has 0 fully saturated rings. The zero-order valence-electron chi connectivity index (χ0n) is 16.2. The molecule has 10 heteroatoms. The van der Waals surface area contributed by atoms with Gasteiger partial charge in [-0.2, -0.15) is 0 Å². The van der Waals surface area contributed by atoms with E-state index in [1.54, 1.807) is 19.1 Å². The maximum atomic E-state index is 12.8. The molecule has 0 bridgehead atoms. The third kappa shape index (κ3) is 4.29. The lowest BCUT2D eigenvalue weighted by Crippen LogP contribution is -2.11. The number of aromatic nitrogens is 3. The van der Waals surface area contributed by atoms with Crippen LogP contribution in [0.2, 0.25) is 0 Å². The highest BCUT2D eigenvalue weighted by Crippen LogP contribution is 2.32. The van der Waals surface area contributed by atoms with Crippen LogP contribution >= 0.6 is 11.3 Å². The Morgan fingerprint density at radius 3 is 2.65 bits per heavy atom. The molecule has 2 aromatic carbocycles. The van der Waals surface area contributed by atoms with Gasteiger partial charge in [0.15, 0.2) is 11.0 Å². The van der Waals surface area contributed by atoms with Gasteiger partial charge in [0.2, 0.25) is 0 Å². The van der Waals surface area contributed by atoms with Crippen molar-refractivity contribution >= 4 is 39.4 Å². The Hall–Kier alpha value is -3.66. The monoisotopic (exact) mass is 442 g/mol. The fraction of sp³-hybridized carbons (Fsp3) is 0.143. The molecule has 0 aliphatic heterocycles. The SMILES string of the molecule is CCOC(=O)c1sc(NC(=O)c2ccc3nc(C(F)F)[nH]c3c2)nc1-c1ccccc1. The maximum absolute atomic E-state index is 12.8. The number of H-pyrrole nitrogens is 1. The second kappa shape index (κ2) is 8.60. The van der Waals surface area contributed by atoms with Gasteiger partial charge in [-0.25, -0.2) is 23.5 Å². The third-order valence-corrected chi connectivity index (χ3v) is 5.28. The summed E-state index contributed by atoms with van der Waals surface area (Å²) < 4.78 is 30.8. The van der Waals surface area contributed by atoms with Crippen LogP contribution in [0, 0.1) is 0 Å². The van der Waals surface area contributed by atoms with Crippen LogP contribution in [0.1, 0.15) is 39.2 Å². The highest BCUT2D eigenvalue weighted by molar-refractivity contribution is 7.18. The molecule has 2 aromatic heterocycles. The number of esters is 1. The van der Waals surface area contributed by atoms with E-state index in [0.29, 0.717) is 22.3 Å². The lowest BCUT2D eigenvalue weighted by atomic mass is 10.1. The van der Waals surface area contributed by atoms with Crippen molar-refractivity contribution in [2.45, 2.75) is 13.3 Å². The van der Waals surface area contributed by atoms with Crippen LogP contribution < -0.4 is 5.32 Å². The number of imidazole rings is 1. The summed E-state index contributed by atoms with van der Waals surface area (Å²) in [6.45, 7) is 1.91. The number of nitrogens with zero attached hydrogens (tertiary/aromatic N) is 2. The van der Waals surface area contributed by atoms with Crippen LogP contribution in [0.15, 0.2) is 48.5 Å². The zero-order chi connectivity index (χ0) is 22.0. The number of benzene rings is 2. The van der Waals surface area contributed by atoms with Crippen LogP contribution in [-0.4, -0.2) is 33.4 Å². The lowest BCUT2D eigenvalue weighted by molar-refractivity contribution is 0.0532. The van der Waals surface area contributed by atoms with Gasteiger partial charge >= 0.3 is 5.97 Å². The standard InChI is InChI=1S/C21H16F2N4O3S/c1-2-30-20(29)16-15(11-6-4-3-5-7-11)26-21(31-16)27-19(28)12-8-9-13-14(10-12)25-18(24-13)17(22)23/h3-10,17H,2H2,1H3,(H,24,25)(H,26,27,28). The van der Waals surface area contributed by atoms with Gasteiger partial charge in [-0.15, -0.1) is 0 Å². The number of nitrogens with one attached hydrogen (secondary N) is 2. The molecule has 0 unspecified atom stereocenters. The second-order valence-corrected chi connectivity index (χ2v) is 7.39. The fourth-order valence-electron chi connectivity index (χ4n) is 2.94. The Bertz CT molecular complexity index is 1250. The van der Waals surface area contributed by atoms with E-state index >= 15 is 0 Å². The predicted molar refractivity (Wildman–Crippen MR) is 113 cm³/mol. The Morgan fingerprint density at radius 1 is 1.16 bits per heavy atom. The molecule has 0 aliphatic rings. The Labute approximate surface area is 179 Å². The summed E-state index contributed by atoms with van der Waals surface area (Å²) >= 11 is 1.00. The number of thiazole rings is 1. The number of carbonyl (C=O) groups excluding carboxylic acids is 2. The molecule has 0 saturated carbocycles. The number of hydrogen-bond acceptors (Lipinski definition) is 6. The first kappa shape index (κ1) is 20.6. The molecule has 2 N–H and O–H groups in total. The van der Waals surface area contributed by atoms with Gasteiger partial charge in [0.05, 0.1) is 23.3 Å². The van der Waals surface area contributed by atoms with Gasteiger partial charge < -0.3 is 9.72 Å². The summed E-state index contributed by atoms with van der Waals surface area (Å²) in [4.78, 5) is 36.0. The largest absolute Gasteiger partial charge is 0.462 e. The number of hydrogen-bond donors (Lipinski definition) is 2. The van der Waals surface area contributed by atoms with E-state index in [-0.39, 0.29) is 22.2 Å².